The molecule has 9 heteroatoms. The highest BCUT2D eigenvalue weighted by Gasteiger charge is 2.15. The van der Waals surface area contributed by atoms with Crippen LogP contribution in [-0.2, 0) is 21.4 Å². The van der Waals surface area contributed by atoms with E-state index in [1.54, 1.807) is 36.6 Å². The molecule has 0 fully saturated rings. The molecule has 0 unspecified atom stereocenters. The van der Waals surface area contributed by atoms with Crippen LogP contribution in [0.4, 0.5) is 5.69 Å². The summed E-state index contributed by atoms with van der Waals surface area (Å²) in [5.74, 6) is 0.468. The summed E-state index contributed by atoms with van der Waals surface area (Å²) >= 11 is 5.80. The lowest BCUT2D eigenvalue weighted by molar-refractivity contribution is 0.0917. The van der Waals surface area contributed by atoms with Crippen molar-refractivity contribution < 1.29 is 22.4 Å². The zero-order valence-electron chi connectivity index (χ0n) is 16.0. The molecule has 2 aromatic carbocycles. The molecule has 0 radical (unpaired) electrons. The average Bonchev–Trinajstić information content (AvgIpc) is 3.25. The van der Waals surface area contributed by atoms with Gasteiger partial charge in [0.2, 0.25) is 0 Å². The number of hydrogen-bond donors (Lipinski definition) is 2. The molecule has 0 atom stereocenters. The number of sulfonamides is 1. The third-order valence-electron chi connectivity index (χ3n) is 4.10. The summed E-state index contributed by atoms with van der Waals surface area (Å²) < 4.78 is 38.0. The van der Waals surface area contributed by atoms with Gasteiger partial charge in [-0.3, -0.25) is 9.52 Å². The zero-order chi connectivity index (χ0) is 21.4. The van der Waals surface area contributed by atoms with Crippen LogP contribution in [-0.4, -0.2) is 27.5 Å². The number of rotatable bonds is 10. The lowest BCUT2D eigenvalue weighted by Crippen LogP contribution is -2.25. The molecule has 158 valence electrons. The van der Waals surface area contributed by atoms with Crippen molar-refractivity contribution in [3.63, 3.8) is 0 Å². The van der Waals surface area contributed by atoms with Gasteiger partial charge < -0.3 is 14.5 Å². The summed E-state index contributed by atoms with van der Waals surface area (Å²) in [5.41, 5.74) is 0.771. The van der Waals surface area contributed by atoms with E-state index in [2.05, 4.69) is 10.0 Å². The van der Waals surface area contributed by atoms with Gasteiger partial charge in [-0.1, -0.05) is 11.6 Å². The second kappa shape index (κ2) is 10.3. The molecule has 1 aromatic heterocycles. The van der Waals surface area contributed by atoms with Crippen molar-refractivity contribution in [1.29, 1.82) is 0 Å². The number of nitrogens with one attached hydrogen (secondary N) is 2. The van der Waals surface area contributed by atoms with E-state index < -0.39 is 10.0 Å². The third-order valence-corrected chi connectivity index (χ3v) is 5.75. The number of ether oxygens (including phenoxy) is 1. The second-order valence-corrected chi connectivity index (χ2v) is 8.50. The molecule has 2 N–H and O–H groups in total. The van der Waals surface area contributed by atoms with E-state index in [1.807, 2.05) is 6.07 Å². The Bertz CT molecular complexity index is 1050. The SMILES string of the molecule is O=C(NCCCOCc1ccco1)c1ccc(S(=O)(=O)Nc2ccc(Cl)cc2)cc1. The largest absolute Gasteiger partial charge is 0.467 e. The van der Waals surface area contributed by atoms with E-state index in [9.17, 15) is 13.2 Å². The molecular weight excluding hydrogens is 428 g/mol. The topological polar surface area (TPSA) is 97.6 Å². The quantitative estimate of drug-likeness (QED) is 0.455. The first kappa shape index (κ1) is 21.9. The molecule has 0 aliphatic heterocycles. The Labute approximate surface area is 180 Å². The van der Waals surface area contributed by atoms with Gasteiger partial charge in [-0.2, -0.15) is 0 Å². The highest BCUT2D eigenvalue weighted by molar-refractivity contribution is 7.92. The third kappa shape index (κ3) is 6.35. The van der Waals surface area contributed by atoms with E-state index >= 15 is 0 Å². The summed E-state index contributed by atoms with van der Waals surface area (Å²) in [6.45, 7) is 1.31. The highest BCUT2D eigenvalue weighted by Crippen LogP contribution is 2.18. The molecule has 30 heavy (non-hydrogen) atoms. The van der Waals surface area contributed by atoms with Gasteiger partial charge in [0.1, 0.15) is 12.4 Å². The summed E-state index contributed by atoms with van der Waals surface area (Å²) in [4.78, 5) is 12.3. The Morgan fingerprint density at radius 3 is 2.43 bits per heavy atom. The molecule has 0 bridgehead atoms. The van der Waals surface area contributed by atoms with Crippen LogP contribution in [0, 0.1) is 0 Å². The number of carbonyl (C=O) groups is 1. The first-order valence-corrected chi connectivity index (χ1v) is 11.1. The van der Waals surface area contributed by atoms with Crippen molar-refractivity contribution in [2.75, 3.05) is 17.9 Å². The van der Waals surface area contributed by atoms with Gasteiger partial charge in [-0.25, -0.2) is 8.42 Å². The van der Waals surface area contributed by atoms with E-state index in [-0.39, 0.29) is 10.8 Å². The van der Waals surface area contributed by atoms with Crippen molar-refractivity contribution >= 4 is 33.2 Å². The summed E-state index contributed by atoms with van der Waals surface area (Å²) in [6.07, 6.45) is 2.23. The maximum atomic E-state index is 12.5. The van der Waals surface area contributed by atoms with Crippen molar-refractivity contribution in [2.45, 2.75) is 17.9 Å². The molecule has 3 rings (SSSR count). The normalized spacial score (nSPS) is 11.2. The fourth-order valence-electron chi connectivity index (χ4n) is 2.56. The predicted octanol–water partition coefficient (Wildman–Crippen LogP) is 4.07. The van der Waals surface area contributed by atoms with Gasteiger partial charge in [0.15, 0.2) is 0 Å². The summed E-state index contributed by atoms with van der Waals surface area (Å²) in [5, 5.41) is 3.29. The molecule has 0 aliphatic rings. The monoisotopic (exact) mass is 448 g/mol. The first-order valence-electron chi connectivity index (χ1n) is 9.21. The smallest absolute Gasteiger partial charge is 0.261 e. The highest BCUT2D eigenvalue weighted by atomic mass is 35.5. The number of anilines is 1. The minimum absolute atomic E-state index is 0.0559. The fraction of sp³-hybridized carbons (Fsp3) is 0.190. The predicted molar refractivity (Wildman–Crippen MR) is 114 cm³/mol. The summed E-state index contributed by atoms with van der Waals surface area (Å²) in [7, 11) is -3.76. The number of furan rings is 1. The van der Waals surface area contributed by atoms with Gasteiger partial charge in [0, 0.05) is 29.4 Å². The minimum atomic E-state index is -3.76. The zero-order valence-corrected chi connectivity index (χ0v) is 17.6. The van der Waals surface area contributed by atoms with Crippen LogP contribution in [0.15, 0.2) is 76.2 Å². The lowest BCUT2D eigenvalue weighted by Gasteiger charge is -2.09. The van der Waals surface area contributed by atoms with Crippen molar-refractivity contribution in [2.24, 2.45) is 0 Å². The summed E-state index contributed by atoms with van der Waals surface area (Å²) in [6, 6.07) is 15.7. The van der Waals surface area contributed by atoms with Gasteiger partial charge in [-0.05, 0) is 67.1 Å². The average molecular weight is 449 g/mol. The number of carbonyl (C=O) groups excluding carboxylic acids is 1. The molecule has 1 heterocycles. The van der Waals surface area contributed by atoms with Crippen LogP contribution < -0.4 is 10.0 Å². The van der Waals surface area contributed by atoms with Crippen molar-refractivity contribution in [3.05, 3.63) is 83.3 Å². The lowest BCUT2D eigenvalue weighted by atomic mass is 10.2. The van der Waals surface area contributed by atoms with E-state index in [0.29, 0.717) is 42.5 Å². The van der Waals surface area contributed by atoms with E-state index in [4.69, 9.17) is 20.8 Å². The van der Waals surface area contributed by atoms with Crippen LogP contribution in [0.25, 0.3) is 0 Å². The fourth-order valence-corrected chi connectivity index (χ4v) is 3.75. The van der Waals surface area contributed by atoms with Gasteiger partial charge in [0.25, 0.3) is 15.9 Å². The van der Waals surface area contributed by atoms with Crippen LogP contribution in [0.1, 0.15) is 22.5 Å². The van der Waals surface area contributed by atoms with Crippen LogP contribution in [0.3, 0.4) is 0 Å². The maximum Gasteiger partial charge on any atom is 0.261 e. The van der Waals surface area contributed by atoms with Gasteiger partial charge in [-0.15, -0.1) is 0 Å². The molecule has 0 saturated carbocycles. The molecule has 0 spiro atoms. The molecule has 1 amide bonds. The van der Waals surface area contributed by atoms with E-state index in [1.165, 1.54) is 24.3 Å². The Balaban J connectivity index is 1.45. The van der Waals surface area contributed by atoms with Crippen LogP contribution >= 0.6 is 11.6 Å². The minimum Gasteiger partial charge on any atom is -0.467 e. The molecule has 7 nitrogen and oxygen atoms in total. The number of benzene rings is 2. The Morgan fingerprint density at radius 1 is 1.03 bits per heavy atom. The Kier molecular flexibility index (Phi) is 7.51. The van der Waals surface area contributed by atoms with Crippen molar-refractivity contribution in [3.8, 4) is 0 Å². The van der Waals surface area contributed by atoms with Gasteiger partial charge in [0.05, 0.1) is 11.2 Å². The standard InChI is InChI=1S/C21H21ClN2O5S/c22-17-6-8-18(9-7-17)24-30(26,27)20-10-4-16(5-11-20)21(25)23-12-2-13-28-15-19-3-1-14-29-19/h1,3-11,14,24H,2,12-13,15H2,(H,23,25). The first-order chi connectivity index (χ1) is 14.4. The maximum absolute atomic E-state index is 12.5. The molecular formula is C21H21ClN2O5S. The number of amides is 1. The van der Waals surface area contributed by atoms with E-state index in [0.717, 1.165) is 5.76 Å². The molecule has 0 saturated heterocycles. The molecule has 3 aromatic rings. The van der Waals surface area contributed by atoms with Gasteiger partial charge >= 0.3 is 0 Å². The van der Waals surface area contributed by atoms with Crippen LogP contribution in [0.2, 0.25) is 5.02 Å². The number of hydrogen-bond acceptors (Lipinski definition) is 5. The molecule has 0 aliphatic carbocycles. The Hall–Kier alpha value is -2.81. The van der Waals surface area contributed by atoms with Crippen LogP contribution in [0.5, 0.6) is 0 Å². The Morgan fingerprint density at radius 2 is 1.77 bits per heavy atom. The number of halogens is 1. The second-order valence-electron chi connectivity index (χ2n) is 6.38. The van der Waals surface area contributed by atoms with Crippen molar-refractivity contribution in [1.82, 2.24) is 5.32 Å².